The zero-order chi connectivity index (χ0) is 21.8. The topological polar surface area (TPSA) is 82.1 Å². The van der Waals surface area contributed by atoms with Gasteiger partial charge in [0.25, 0.3) is 0 Å². The van der Waals surface area contributed by atoms with Gasteiger partial charge >= 0.3 is 18.2 Å². The van der Waals surface area contributed by atoms with Crippen molar-refractivity contribution in [3.05, 3.63) is 22.4 Å². The van der Waals surface area contributed by atoms with E-state index in [0.29, 0.717) is 5.92 Å². The van der Waals surface area contributed by atoms with E-state index in [2.05, 4.69) is 27.0 Å². The van der Waals surface area contributed by atoms with Crippen molar-refractivity contribution in [3.63, 3.8) is 0 Å². The molecule has 4 rings (SSSR count). The van der Waals surface area contributed by atoms with Crippen molar-refractivity contribution >= 4 is 23.3 Å². The second-order valence-corrected chi connectivity index (χ2v) is 8.81. The second kappa shape index (κ2) is 9.52. The Morgan fingerprint density at radius 2 is 2.03 bits per heavy atom. The molecule has 3 aliphatic heterocycles. The predicted octanol–water partition coefficient (Wildman–Crippen LogP) is 2.64. The van der Waals surface area contributed by atoms with E-state index in [1.54, 1.807) is 11.3 Å². The van der Waals surface area contributed by atoms with Crippen molar-refractivity contribution in [2.45, 2.75) is 25.6 Å². The predicted molar refractivity (Wildman–Crippen MR) is 104 cm³/mol. The van der Waals surface area contributed by atoms with E-state index in [1.165, 1.54) is 5.56 Å². The lowest BCUT2D eigenvalue weighted by molar-refractivity contribution is -0.192. The number of thiophene rings is 1. The number of amides is 2. The molecule has 4 heterocycles. The maximum absolute atomic E-state index is 12.3. The number of hydrogen-bond donors (Lipinski definition) is 2. The van der Waals surface area contributed by atoms with Crippen LogP contribution in [0, 0.1) is 11.3 Å². The Balaban J connectivity index is 0.000000318. The molecule has 0 spiro atoms. The number of hydrogen-bond acceptors (Lipinski definition) is 5. The van der Waals surface area contributed by atoms with Crippen LogP contribution in [0.4, 0.5) is 18.0 Å². The standard InChI is InChI=1S/C17H25N3O2S.C2HF3O2/c21-16(20-4-1-2-5-20)18-11-17-12-19(7-14-3-6-23-10-14)8-15(17)9-22-13-17;3-2(4,5)1(6)7/h3,6,10,15H,1-2,4-5,7-9,11-13H2,(H,18,21);(H,6,7)/t15-,17+;/m1./s1. The summed E-state index contributed by atoms with van der Waals surface area (Å²) in [5, 5.41) is 14.7. The second-order valence-electron chi connectivity index (χ2n) is 8.03. The largest absolute Gasteiger partial charge is 0.490 e. The van der Waals surface area contributed by atoms with E-state index in [0.717, 1.165) is 65.3 Å². The third-order valence-corrected chi connectivity index (χ3v) is 6.54. The maximum Gasteiger partial charge on any atom is 0.490 e. The molecule has 0 bridgehead atoms. The number of carboxylic acids is 1. The van der Waals surface area contributed by atoms with Crippen molar-refractivity contribution in [2.24, 2.45) is 11.3 Å². The van der Waals surface area contributed by atoms with Crippen LogP contribution in [-0.2, 0) is 16.1 Å². The van der Waals surface area contributed by atoms with Crippen LogP contribution < -0.4 is 5.32 Å². The fraction of sp³-hybridized carbons (Fsp3) is 0.684. The molecule has 2 N–H and O–H groups in total. The molecule has 2 atom stereocenters. The van der Waals surface area contributed by atoms with Crippen LogP contribution in [0.1, 0.15) is 18.4 Å². The third-order valence-electron chi connectivity index (χ3n) is 5.81. The van der Waals surface area contributed by atoms with E-state index < -0.39 is 12.1 Å². The van der Waals surface area contributed by atoms with Gasteiger partial charge in [-0.25, -0.2) is 9.59 Å². The van der Waals surface area contributed by atoms with Crippen LogP contribution in [0.2, 0.25) is 0 Å². The van der Waals surface area contributed by atoms with E-state index in [1.807, 2.05) is 4.90 Å². The summed E-state index contributed by atoms with van der Waals surface area (Å²) >= 11 is 1.76. The Morgan fingerprint density at radius 3 is 2.63 bits per heavy atom. The van der Waals surface area contributed by atoms with Gasteiger partial charge in [-0.2, -0.15) is 24.5 Å². The number of nitrogens with zero attached hydrogens (tertiary/aromatic N) is 2. The van der Waals surface area contributed by atoms with Gasteiger partial charge < -0.3 is 20.1 Å². The van der Waals surface area contributed by atoms with Gasteiger partial charge in [-0.1, -0.05) is 0 Å². The van der Waals surface area contributed by atoms with E-state index in [4.69, 9.17) is 14.6 Å². The summed E-state index contributed by atoms with van der Waals surface area (Å²) in [5.74, 6) is -2.22. The first-order valence-corrected chi connectivity index (χ1v) is 10.8. The first-order chi connectivity index (χ1) is 14.2. The van der Waals surface area contributed by atoms with Crippen molar-refractivity contribution in [1.82, 2.24) is 15.1 Å². The molecule has 1 aromatic rings. The number of rotatable bonds is 4. The van der Waals surface area contributed by atoms with Crippen LogP contribution in [0.5, 0.6) is 0 Å². The molecule has 0 unspecified atom stereocenters. The molecule has 0 aliphatic carbocycles. The number of fused-ring (bicyclic) bond motifs is 1. The van der Waals surface area contributed by atoms with Gasteiger partial charge in [-0.15, -0.1) is 0 Å². The highest BCUT2D eigenvalue weighted by atomic mass is 32.1. The molecule has 168 valence electrons. The summed E-state index contributed by atoms with van der Waals surface area (Å²) < 4.78 is 37.5. The quantitative estimate of drug-likeness (QED) is 0.739. The van der Waals surface area contributed by atoms with Crippen molar-refractivity contribution in [2.75, 3.05) is 45.9 Å². The first kappa shape index (κ1) is 22.8. The molecule has 30 heavy (non-hydrogen) atoms. The van der Waals surface area contributed by atoms with Gasteiger partial charge in [-0.3, -0.25) is 4.90 Å². The first-order valence-electron chi connectivity index (χ1n) is 9.84. The number of carbonyl (C=O) groups excluding carboxylic acids is 1. The van der Waals surface area contributed by atoms with Gasteiger partial charge in [-0.05, 0) is 35.2 Å². The Morgan fingerprint density at radius 1 is 1.33 bits per heavy atom. The molecule has 2 amide bonds. The number of carbonyl (C=O) groups is 2. The molecule has 1 aromatic heterocycles. The highest BCUT2D eigenvalue weighted by Gasteiger charge is 2.50. The van der Waals surface area contributed by atoms with Crippen LogP contribution in [0.25, 0.3) is 0 Å². The van der Waals surface area contributed by atoms with Gasteiger partial charge in [0.2, 0.25) is 0 Å². The lowest BCUT2D eigenvalue weighted by atomic mass is 9.81. The molecule has 0 radical (unpaired) electrons. The van der Waals surface area contributed by atoms with Crippen LogP contribution >= 0.6 is 11.3 Å². The van der Waals surface area contributed by atoms with Gasteiger partial charge in [0.1, 0.15) is 0 Å². The Bertz CT molecular complexity index is 725. The summed E-state index contributed by atoms with van der Waals surface area (Å²) in [5.41, 5.74) is 1.50. The molecular weight excluding hydrogens is 423 g/mol. The molecule has 3 saturated heterocycles. The number of carboxylic acid groups (broad SMARTS) is 1. The average Bonchev–Trinajstić information content (AvgIpc) is 3.44. The number of halogens is 3. The fourth-order valence-corrected chi connectivity index (χ4v) is 4.90. The molecular formula is C19H26F3N3O4S. The van der Waals surface area contributed by atoms with Crippen LogP contribution in [-0.4, -0.2) is 79.0 Å². The molecule has 3 fully saturated rings. The summed E-state index contributed by atoms with van der Waals surface area (Å²) in [6.45, 7) is 7.28. The van der Waals surface area contributed by atoms with Crippen LogP contribution in [0.3, 0.4) is 0 Å². The summed E-state index contributed by atoms with van der Waals surface area (Å²) in [6, 6.07) is 2.32. The molecule has 7 nitrogen and oxygen atoms in total. The third kappa shape index (κ3) is 5.64. The van der Waals surface area contributed by atoms with Gasteiger partial charge in [0.15, 0.2) is 0 Å². The lowest BCUT2D eigenvalue weighted by Crippen LogP contribution is -2.47. The Labute approximate surface area is 176 Å². The number of urea groups is 1. The van der Waals surface area contributed by atoms with Gasteiger partial charge in [0, 0.05) is 50.6 Å². The van der Waals surface area contributed by atoms with Crippen molar-refractivity contribution in [3.8, 4) is 0 Å². The SMILES string of the molecule is O=C(NC[C@]12COC[C@H]1CN(Cc1ccsc1)C2)N1CCCC1.O=C(O)C(F)(F)F. The van der Waals surface area contributed by atoms with Crippen molar-refractivity contribution < 1.29 is 32.6 Å². The minimum atomic E-state index is -5.08. The molecule has 0 saturated carbocycles. The average molecular weight is 449 g/mol. The zero-order valence-electron chi connectivity index (χ0n) is 16.5. The fourth-order valence-electron chi connectivity index (χ4n) is 4.24. The van der Waals surface area contributed by atoms with E-state index in [9.17, 15) is 18.0 Å². The highest BCUT2D eigenvalue weighted by Crippen LogP contribution is 2.41. The number of aliphatic carboxylic acids is 1. The smallest absolute Gasteiger partial charge is 0.475 e. The highest BCUT2D eigenvalue weighted by molar-refractivity contribution is 7.07. The lowest BCUT2D eigenvalue weighted by Gasteiger charge is -2.29. The minimum Gasteiger partial charge on any atom is -0.475 e. The number of nitrogens with one attached hydrogen (secondary N) is 1. The summed E-state index contributed by atoms with van der Waals surface area (Å²) in [6.07, 6.45) is -2.81. The Hall–Kier alpha value is -1.85. The Kier molecular flexibility index (Phi) is 7.25. The maximum atomic E-state index is 12.3. The minimum absolute atomic E-state index is 0.103. The number of alkyl halides is 3. The van der Waals surface area contributed by atoms with E-state index >= 15 is 0 Å². The normalized spacial score (nSPS) is 26.2. The van der Waals surface area contributed by atoms with Gasteiger partial charge in [0.05, 0.1) is 13.2 Å². The van der Waals surface area contributed by atoms with Crippen LogP contribution in [0.15, 0.2) is 16.8 Å². The monoisotopic (exact) mass is 449 g/mol. The molecule has 11 heteroatoms. The summed E-state index contributed by atoms with van der Waals surface area (Å²) in [4.78, 5) is 25.7. The zero-order valence-corrected chi connectivity index (χ0v) is 17.3. The number of likely N-dealkylation sites (tertiary alicyclic amines) is 2. The molecule has 0 aromatic carbocycles. The van der Waals surface area contributed by atoms with E-state index in [-0.39, 0.29) is 11.4 Å². The summed E-state index contributed by atoms with van der Waals surface area (Å²) in [7, 11) is 0. The number of ether oxygens (including phenoxy) is 1. The molecule has 3 aliphatic rings. The van der Waals surface area contributed by atoms with Crippen molar-refractivity contribution in [1.29, 1.82) is 0 Å².